The molecule has 0 N–H and O–H groups in total. The number of hydrogen-bond acceptors (Lipinski definition) is 5. The lowest BCUT2D eigenvalue weighted by atomic mass is 9.98. The predicted molar refractivity (Wildman–Crippen MR) is 107 cm³/mol. The highest BCUT2D eigenvalue weighted by Gasteiger charge is 2.43. The van der Waals surface area contributed by atoms with Gasteiger partial charge < -0.3 is 14.2 Å². The van der Waals surface area contributed by atoms with Crippen LogP contribution in [-0.4, -0.2) is 35.9 Å². The van der Waals surface area contributed by atoms with Crippen LogP contribution in [0.15, 0.2) is 36.4 Å². The van der Waals surface area contributed by atoms with Crippen molar-refractivity contribution in [3.05, 3.63) is 53.1 Å². The molecule has 28 heavy (non-hydrogen) atoms. The molecule has 2 aliphatic heterocycles. The van der Waals surface area contributed by atoms with Crippen LogP contribution in [0.3, 0.4) is 0 Å². The summed E-state index contributed by atoms with van der Waals surface area (Å²) < 4.78 is 17.5. The van der Waals surface area contributed by atoms with Crippen molar-refractivity contribution in [2.75, 3.05) is 0 Å². The molecular formula is C23H28O5. The van der Waals surface area contributed by atoms with E-state index in [-0.39, 0.29) is 29.9 Å². The molecule has 5 nitrogen and oxygen atoms in total. The van der Waals surface area contributed by atoms with Crippen molar-refractivity contribution >= 4 is 17.8 Å². The number of fused-ring (bicyclic) bond motifs is 2. The van der Waals surface area contributed by atoms with Crippen LogP contribution in [-0.2, 0) is 19.0 Å². The van der Waals surface area contributed by atoms with Crippen molar-refractivity contribution in [1.82, 2.24) is 0 Å². The number of cyclic esters (lactones) is 1. The van der Waals surface area contributed by atoms with E-state index in [9.17, 15) is 9.59 Å². The van der Waals surface area contributed by atoms with Gasteiger partial charge in [0.15, 0.2) is 11.6 Å². The highest BCUT2D eigenvalue weighted by Crippen LogP contribution is 2.31. The zero-order valence-electron chi connectivity index (χ0n) is 17.1. The Morgan fingerprint density at radius 1 is 1.07 bits per heavy atom. The predicted octanol–water partition coefficient (Wildman–Crippen LogP) is 4.24. The van der Waals surface area contributed by atoms with E-state index in [0.717, 1.165) is 11.1 Å². The highest BCUT2D eigenvalue weighted by molar-refractivity contribution is 5.96. The Morgan fingerprint density at radius 2 is 1.82 bits per heavy atom. The Hall–Kier alpha value is -2.24. The van der Waals surface area contributed by atoms with Crippen LogP contribution in [0.1, 0.15) is 55.6 Å². The maximum atomic E-state index is 12.8. The molecule has 1 aromatic carbocycles. The molecule has 5 heteroatoms. The third-order valence-corrected chi connectivity index (χ3v) is 5.24. The first-order chi connectivity index (χ1) is 13.2. The van der Waals surface area contributed by atoms with Gasteiger partial charge in [-0.2, -0.15) is 0 Å². The smallest absolute Gasteiger partial charge is 0.339 e. The van der Waals surface area contributed by atoms with Gasteiger partial charge in [-0.1, -0.05) is 43.4 Å². The van der Waals surface area contributed by atoms with E-state index in [4.69, 9.17) is 14.2 Å². The average molecular weight is 384 g/mol. The van der Waals surface area contributed by atoms with Crippen LogP contribution in [0.25, 0.3) is 6.08 Å². The Bertz CT molecular complexity index is 820. The van der Waals surface area contributed by atoms with Gasteiger partial charge >= 0.3 is 5.97 Å². The Balaban J connectivity index is 2.00. The van der Waals surface area contributed by atoms with E-state index < -0.39 is 11.9 Å². The summed E-state index contributed by atoms with van der Waals surface area (Å²) in [7, 11) is 0. The number of benzene rings is 1. The summed E-state index contributed by atoms with van der Waals surface area (Å²) in [5.41, 5.74) is 2.22. The summed E-state index contributed by atoms with van der Waals surface area (Å²) >= 11 is 0. The van der Waals surface area contributed by atoms with Gasteiger partial charge in [0.05, 0.1) is 11.7 Å². The highest BCUT2D eigenvalue weighted by atomic mass is 16.8. The van der Waals surface area contributed by atoms with Crippen LogP contribution in [0.5, 0.6) is 0 Å². The maximum absolute atomic E-state index is 12.8. The Morgan fingerprint density at radius 3 is 2.57 bits per heavy atom. The molecule has 4 atom stereocenters. The number of ether oxygens (including phenoxy) is 3. The molecule has 1 aromatic rings. The molecule has 0 spiro atoms. The lowest BCUT2D eigenvalue weighted by Crippen LogP contribution is -2.30. The van der Waals surface area contributed by atoms with Gasteiger partial charge in [-0.05, 0) is 51.3 Å². The topological polar surface area (TPSA) is 61.8 Å². The van der Waals surface area contributed by atoms with Gasteiger partial charge in [0.2, 0.25) is 0 Å². The molecular weight excluding hydrogens is 356 g/mol. The molecule has 3 rings (SSSR count). The molecule has 2 aliphatic rings. The fraction of sp³-hybridized carbons (Fsp3) is 0.478. The van der Waals surface area contributed by atoms with Gasteiger partial charge in [0.25, 0.3) is 0 Å². The quantitative estimate of drug-likeness (QED) is 0.626. The van der Waals surface area contributed by atoms with Crippen molar-refractivity contribution in [3.8, 4) is 0 Å². The van der Waals surface area contributed by atoms with Crippen molar-refractivity contribution in [2.45, 2.75) is 65.1 Å². The second-order valence-corrected chi connectivity index (χ2v) is 8.00. The number of aryl methyl sites for hydroxylation is 1. The standard InChI is InChI=1S/C23H28O5/c1-14-12-13-18(24)21-19(27-23(4,5)28-21)11-7-10-17-9-6-8-15(2)20(17)22(25)26-16(14)3/h6-10,12-14,16,19,21H,11H2,1-5H3/b10-7+,13-12-/t14-,16+,19+,21-/m1/s1. The van der Waals surface area contributed by atoms with E-state index in [1.807, 2.05) is 65.0 Å². The van der Waals surface area contributed by atoms with Gasteiger partial charge in [-0.25, -0.2) is 4.79 Å². The van der Waals surface area contributed by atoms with Crippen molar-refractivity contribution in [1.29, 1.82) is 0 Å². The summed E-state index contributed by atoms with van der Waals surface area (Å²) in [6.45, 7) is 9.27. The molecule has 1 saturated heterocycles. The minimum Gasteiger partial charge on any atom is -0.458 e. The van der Waals surface area contributed by atoms with E-state index >= 15 is 0 Å². The van der Waals surface area contributed by atoms with Crippen LogP contribution in [0, 0.1) is 12.8 Å². The summed E-state index contributed by atoms with van der Waals surface area (Å²) in [5, 5.41) is 0. The van der Waals surface area contributed by atoms with Crippen molar-refractivity contribution in [3.63, 3.8) is 0 Å². The lowest BCUT2D eigenvalue weighted by Gasteiger charge is -2.20. The molecule has 0 aliphatic carbocycles. The van der Waals surface area contributed by atoms with E-state index in [2.05, 4.69) is 0 Å². The molecule has 150 valence electrons. The number of rotatable bonds is 0. The van der Waals surface area contributed by atoms with Gasteiger partial charge in [-0.15, -0.1) is 0 Å². The Labute approximate surface area is 166 Å². The molecule has 0 radical (unpaired) electrons. The normalized spacial score (nSPS) is 32.6. The average Bonchev–Trinajstić information content (AvgIpc) is 2.93. The number of esters is 1. The second-order valence-electron chi connectivity index (χ2n) is 8.00. The fourth-order valence-corrected chi connectivity index (χ4v) is 3.52. The minimum absolute atomic E-state index is 0.118. The largest absolute Gasteiger partial charge is 0.458 e. The summed E-state index contributed by atoms with van der Waals surface area (Å²) in [6, 6.07) is 5.70. The summed E-state index contributed by atoms with van der Waals surface area (Å²) in [4.78, 5) is 25.5. The van der Waals surface area contributed by atoms with E-state index in [1.54, 1.807) is 6.08 Å². The monoisotopic (exact) mass is 384 g/mol. The second kappa shape index (κ2) is 8.02. The third kappa shape index (κ3) is 4.42. The van der Waals surface area contributed by atoms with Crippen molar-refractivity contribution in [2.24, 2.45) is 5.92 Å². The van der Waals surface area contributed by atoms with Crippen LogP contribution >= 0.6 is 0 Å². The first-order valence-electron chi connectivity index (χ1n) is 9.73. The summed E-state index contributed by atoms with van der Waals surface area (Å²) in [5.74, 6) is -1.42. The van der Waals surface area contributed by atoms with Gasteiger partial charge in [-0.3, -0.25) is 4.79 Å². The Kier molecular flexibility index (Phi) is 5.87. The van der Waals surface area contributed by atoms with Gasteiger partial charge in [0.1, 0.15) is 12.2 Å². The van der Waals surface area contributed by atoms with Gasteiger partial charge in [0, 0.05) is 5.92 Å². The SMILES string of the molecule is Cc1cccc2c1C(=O)O[C@@H](C)[C@H](C)/C=C\C(=O)[C@H]1OC(C)(C)O[C@H]1C/C=C/2. The molecule has 1 fully saturated rings. The molecule has 0 saturated carbocycles. The first-order valence-corrected chi connectivity index (χ1v) is 9.73. The maximum Gasteiger partial charge on any atom is 0.339 e. The third-order valence-electron chi connectivity index (χ3n) is 5.24. The molecule has 0 unspecified atom stereocenters. The molecule has 0 aromatic heterocycles. The number of ketones is 1. The van der Waals surface area contributed by atoms with Crippen LogP contribution in [0.4, 0.5) is 0 Å². The number of hydrogen-bond donors (Lipinski definition) is 0. The van der Waals surface area contributed by atoms with Crippen molar-refractivity contribution < 1.29 is 23.8 Å². The first kappa shape index (κ1) is 20.5. The number of carbonyl (C=O) groups excluding carboxylic acids is 2. The number of carbonyl (C=O) groups is 2. The fourth-order valence-electron chi connectivity index (χ4n) is 3.52. The molecule has 2 heterocycles. The zero-order valence-corrected chi connectivity index (χ0v) is 17.1. The van der Waals surface area contributed by atoms with Crippen LogP contribution < -0.4 is 0 Å². The van der Waals surface area contributed by atoms with E-state index in [1.165, 1.54) is 6.08 Å². The summed E-state index contributed by atoms with van der Waals surface area (Å²) in [6.07, 6.45) is 6.20. The zero-order chi connectivity index (χ0) is 20.5. The molecule has 0 bridgehead atoms. The minimum atomic E-state index is -0.812. The molecule has 0 amide bonds. The van der Waals surface area contributed by atoms with Crippen LogP contribution in [0.2, 0.25) is 0 Å². The van der Waals surface area contributed by atoms with E-state index in [0.29, 0.717) is 12.0 Å². The lowest BCUT2D eigenvalue weighted by molar-refractivity contribution is -0.152.